The molecule has 0 radical (unpaired) electrons. The van der Waals surface area contributed by atoms with Crippen molar-refractivity contribution in [1.82, 2.24) is 0 Å². The molecule has 0 aromatic heterocycles. The van der Waals surface area contributed by atoms with E-state index >= 15 is 0 Å². The Kier molecular flexibility index (Phi) is 3.77. The van der Waals surface area contributed by atoms with Crippen molar-refractivity contribution in [2.75, 3.05) is 10.7 Å². The Hall–Kier alpha value is -2.40. The summed E-state index contributed by atoms with van der Waals surface area (Å²) in [5, 5.41) is 2.70. The fourth-order valence-electron chi connectivity index (χ4n) is 1.78. The van der Waals surface area contributed by atoms with Crippen LogP contribution in [0.3, 0.4) is 0 Å². The van der Waals surface area contributed by atoms with Crippen LogP contribution in [0, 0.1) is 12.7 Å². The topological polar surface area (TPSA) is 67.2 Å². The van der Waals surface area contributed by atoms with Crippen molar-refractivity contribution in [3.63, 3.8) is 0 Å². The molecule has 2 rings (SSSR count). The number of amides is 1. The number of rotatable bonds is 3. The molecular weight excluding hydrogens is 245 g/mol. The lowest BCUT2D eigenvalue weighted by Crippen LogP contribution is -2.18. The highest BCUT2D eigenvalue weighted by Gasteiger charge is 2.14. The molecule has 0 saturated carbocycles. The Morgan fingerprint density at radius 2 is 1.95 bits per heavy atom. The first-order valence-corrected chi connectivity index (χ1v) is 5.75. The molecule has 0 fully saturated rings. The van der Waals surface area contributed by atoms with Crippen molar-refractivity contribution in [1.29, 1.82) is 0 Å². The molecule has 4 nitrogen and oxygen atoms in total. The number of nitrogens with two attached hydrogens (primary N) is 1. The summed E-state index contributed by atoms with van der Waals surface area (Å²) >= 11 is 0. The van der Waals surface area contributed by atoms with Gasteiger partial charge in [0.2, 0.25) is 0 Å². The number of hydrogen-bond acceptors (Lipinski definition) is 3. The average molecular weight is 259 g/mol. The van der Waals surface area contributed by atoms with E-state index in [1.165, 1.54) is 18.2 Å². The standard InChI is InChI=1S/C14H14FN3O/c1-9-4-2-5-10(8-9)17-14(19)11-6-3-7-12(15)13(11)18-16/h2-8,18H,16H2,1H3,(H,17,19). The summed E-state index contributed by atoms with van der Waals surface area (Å²) in [5.41, 5.74) is 4.01. The number of hydrazine groups is 1. The second kappa shape index (κ2) is 5.49. The molecule has 5 heteroatoms. The Labute approximate surface area is 110 Å². The monoisotopic (exact) mass is 259 g/mol. The lowest BCUT2D eigenvalue weighted by Gasteiger charge is -2.10. The zero-order chi connectivity index (χ0) is 13.8. The number of benzene rings is 2. The molecule has 4 N–H and O–H groups in total. The summed E-state index contributed by atoms with van der Waals surface area (Å²) in [4.78, 5) is 12.1. The third kappa shape index (κ3) is 2.89. The Bertz CT molecular complexity index is 613. The summed E-state index contributed by atoms with van der Waals surface area (Å²) in [6.07, 6.45) is 0. The van der Waals surface area contributed by atoms with Crippen LogP contribution in [0.2, 0.25) is 0 Å². The maximum Gasteiger partial charge on any atom is 0.257 e. The summed E-state index contributed by atoms with van der Waals surface area (Å²) in [6.45, 7) is 1.92. The summed E-state index contributed by atoms with van der Waals surface area (Å²) < 4.78 is 13.5. The molecule has 0 heterocycles. The highest BCUT2D eigenvalue weighted by molar-refractivity contribution is 6.08. The van der Waals surface area contributed by atoms with Crippen molar-refractivity contribution >= 4 is 17.3 Å². The molecule has 0 aliphatic carbocycles. The second-order valence-corrected chi connectivity index (χ2v) is 4.13. The molecule has 2 aromatic rings. The maximum absolute atomic E-state index is 13.5. The fraction of sp³-hybridized carbons (Fsp3) is 0.0714. The van der Waals surface area contributed by atoms with Crippen LogP contribution in [-0.4, -0.2) is 5.91 Å². The van der Waals surface area contributed by atoms with Crippen molar-refractivity contribution < 1.29 is 9.18 Å². The quantitative estimate of drug-likeness (QED) is 0.586. The van der Waals surface area contributed by atoms with Crippen LogP contribution >= 0.6 is 0 Å². The van der Waals surface area contributed by atoms with Gasteiger partial charge in [0.15, 0.2) is 0 Å². The van der Waals surface area contributed by atoms with Gasteiger partial charge in [-0.15, -0.1) is 0 Å². The third-order valence-corrected chi connectivity index (χ3v) is 2.68. The summed E-state index contributed by atoms with van der Waals surface area (Å²) in [7, 11) is 0. The van der Waals surface area contributed by atoms with Gasteiger partial charge in [-0.1, -0.05) is 18.2 Å². The number of halogens is 1. The van der Waals surface area contributed by atoms with Gasteiger partial charge in [-0.3, -0.25) is 10.6 Å². The van der Waals surface area contributed by atoms with Crippen molar-refractivity contribution in [2.24, 2.45) is 5.84 Å². The molecule has 0 bridgehead atoms. The van der Waals surface area contributed by atoms with E-state index in [2.05, 4.69) is 10.7 Å². The van der Waals surface area contributed by atoms with E-state index in [1.54, 1.807) is 6.07 Å². The van der Waals surface area contributed by atoms with Crippen LogP contribution in [0.4, 0.5) is 15.8 Å². The van der Waals surface area contributed by atoms with Gasteiger partial charge in [0.1, 0.15) is 5.82 Å². The number of nitrogens with one attached hydrogen (secondary N) is 2. The van der Waals surface area contributed by atoms with E-state index in [9.17, 15) is 9.18 Å². The molecule has 0 unspecified atom stereocenters. The minimum atomic E-state index is -0.570. The Morgan fingerprint density at radius 1 is 1.21 bits per heavy atom. The lowest BCUT2D eigenvalue weighted by atomic mass is 10.1. The lowest BCUT2D eigenvalue weighted by molar-refractivity contribution is 0.102. The van der Waals surface area contributed by atoms with E-state index in [1.807, 2.05) is 25.1 Å². The number of carbonyl (C=O) groups excluding carboxylic acids is 1. The zero-order valence-corrected chi connectivity index (χ0v) is 10.4. The first-order valence-electron chi connectivity index (χ1n) is 5.75. The van der Waals surface area contributed by atoms with Crippen LogP contribution < -0.4 is 16.6 Å². The predicted molar refractivity (Wildman–Crippen MR) is 73.3 cm³/mol. The molecule has 0 aliphatic rings. The van der Waals surface area contributed by atoms with E-state index in [4.69, 9.17) is 5.84 Å². The van der Waals surface area contributed by atoms with Gasteiger partial charge in [0.05, 0.1) is 11.3 Å². The van der Waals surface area contributed by atoms with Crippen LogP contribution in [0.15, 0.2) is 42.5 Å². The molecular formula is C14H14FN3O. The number of aryl methyl sites for hydroxylation is 1. The average Bonchev–Trinajstić information content (AvgIpc) is 2.38. The fourth-order valence-corrected chi connectivity index (χ4v) is 1.78. The SMILES string of the molecule is Cc1cccc(NC(=O)c2cccc(F)c2NN)c1. The molecule has 0 atom stereocenters. The van der Waals surface area contributed by atoms with Crippen molar-refractivity contribution in [2.45, 2.75) is 6.92 Å². The van der Waals surface area contributed by atoms with Gasteiger partial charge >= 0.3 is 0 Å². The van der Waals surface area contributed by atoms with Gasteiger partial charge in [-0.25, -0.2) is 4.39 Å². The van der Waals surface area contributed by atoms with Crippen molar-refractivity contribution in [3.05, 3.63) is 59.4 Å². The van der Waals surface area contributed by atoms with Gasteiger partial charge < -0.3 is 10.7 Å². The maximum atomic E-state index is 13.5. The minimum absolute atomic E-state index is 0.0207. The van der Waals surface area contributed by atoms with Crippen LogP contribution in [0.5, 0.6) is 0 Å². The molecule has 98 valence electrons. The van der Waals surface area contributed by atoms with Gasteiger partial charge in [-0.2, -0.15) is 0 Å². The second-order valence-electron chi connectivity index (χ2n) is 4.13. The number of nitrogen functional groups attached to an aromatic ring is 1. The van der Waals surface area contributed by atoms with Crippen LogP contribution in [-0.2, 0) is 0 Å². The largest absolute Gasteiger partial charge is 0.322 e. The van der Waals surface area contributed by atoms with E-state index in [0.717, 1.165) is 5.56 Å². The summed E-state index contributed by atoms with van der Waals surface area (Å²) in [5.74, 6) is 4.25. The molecule has 0 saturated heterocycles. The van der Waals surface area contributed by atoms with Crippen LogP contribution in [0.25, 0.3) is 0 Å². The summed E-state index contributed by atoms with van der Waals surface area (Å²) in [6, 6.07) is 11.5. The molecule has 0 spiro atoms. The minimum Gasteiger partial charge on any atom is -0.322 e. The molecule has 0 aliphatic heterocycles. The predicted octanol–water partition coefficient (Wildman–Crippen LogP) is 2.67. The number of carbonyl (C=O) groups is 1. The van der Waals surface area contributed by atoms with E-state index in [-0.39, 0.29) is 11.3 Å². The van der Waals surface area contributed by atoms with Gasteiger partial charge in [-0.05, 0) is 36.8 Å². The number of hydrogen-bond donors (Lipinski definition) is 3. The number of para-hydroxylation sites is 1. The molecule has 2 aromatic carbocycles. The molecule has 1 amide bonds. The Balaban J connectivity index is 2.28. The van der Waals surface area contributed by atoms with Crippen molar-refractivity contribution in [3.8, 4) is 0 Å². The van der Waals surface area contributed by atoms with Gasteiger partial charge in [0.25, 0.3) is 5.91 Å². The molecule has 19 heavy (non-hydrogen) atoms. The van der Waals surface area contributed by atoms with Crippen LogP contribution in [0.1, 0.15) is 15.9 Å². The van der Waals surface area contributed by atoms with Gasteiger partial charge in [0, 0.05) is 5.69 Å². The first kappa shape index (κ1) is 13.0. The Morgan fingerprint density at radius 3 is 2.63 bits per heavy atom. The van der Waals surface area contributed by atoms with E-state index < -0.39 is 11.7 Å². The first-order chi connectivity index (χ1) is 9.11. The zero-order valence-electron chi connectivity index (χ0n) is 10.4. The third-order valence-electron chi connectivity index (χ3n) is 2.68. The smallest absolute Gasteiger partial charge is 0.257 e. The highest BCUT2D eigenvalue weighted by atomic mass is 19.1. The normalized spacial score (nSPS) is 10.1. The van der Waals surface area contributed by atoms with E-state index in [0.29, 0.717) is 5.69 Å². The highest BCUT2D eigenvalue weighted by Crippen LogP contribution is 2.20. The number of anilines is 2.